The maximum atomic E-state index is 2.42. The van der Waals surface area contributed by atoms with Crippen molar-refractivity contribution in [3.05, 3.63) is 261 Å². The lowest BCUT2D eigenvalue weighted by atomic mass is 9.92. The van der Waals surface area contributed by atoms with Gasteiger partial charge < -0.3 is 14.0 Å². The van der Waals surface area contributed by atoms with Crippen LogP contribution < -0.4 is 4.90 Å². The molecule has 3 heterocycles. The Morgan fingerprint density at radius 1 is 0.243 bits per heavy atom. The summed E-state index contributed by atoms with van der Waals surface area (Å²) in [6.45, 7) is 0. The van der Waals surface area contributed by atoms with Crippen LogP contribution in [-0.2, 0) is 0 Å². The number of rotatable bonds is 8. The summed E-state index contributed by atoms with van der Waals surface area (Å²) in [5.41, 5.74) is 17.6. The van der Waals surface area contributed by atoms with Crippen LogP contribution in [0.4, 0.5) is 17.1 Å². The number of anilines is 3. The first-order chi connectivity index (χ1) is 34.7. The van der Waals surface area contributed by atoms with E-state index < -0.39 is 0 Å². The summed E-state index contributed by atoms with van der Waals surface area (Å²) < 4.78 is 7.33. The standard InChI is InChI=1S/C66H43N3S/c1-5-17-50(18-6-1)67(51-19-7-2-8-20-51)54-32-36-66-60(43-54)59-42-46(31-35-65(59)70-66)49-38-47(44-29-33-63-57(40-44)55-25-13-15-27-61(55)68(63)52-21-9-3-10-22-52)37-48(39-49)45-30-34-64-58(41-45)56-26-14-16-28-62(56)69(64)53-23-11-4-12-24-53/h1-43H. The number of hydrogen-bond donors (Lipinski definition) is 0. The number of benzene rings is 11. The van der Waals surface area contributed by atoms with Crippen molar-refractivity contribution in [2.45, 2.75) is 0 Å². The number of hydrogen-bond acceptors (Lipinski definition) is 2. The van der Waals surface area contributed by atoms with E-state index >= 15 is 0 Å². The van der Waals surface area contributed by atoms with Crippen molar-refractivity contribution in [2.75, 3.05) is 4.90 Å². The van der Waals surface area contributed by atoms with Crippen LogP contribution in [0.25, 0.3) is 109 Å². The van der Waals surface area contributed by atoms with E-state index in [1.165, 1.54) is 97.2 Å². The highest BCUT2D eigenvalue weighted by atomic mass is 32.1. The van der Waals surface area contributed by atoms with E-state index in [2.05, 4.69) is 275 Å². The van der Waals surface area contributed by atoms with Gasteiger partial charge in [-0.05, 0) is 167 Å². The third-order valence-corrected chi connectivity index (χ3v) is 15.2. The Morgan fingerprint density at radius 2 is 0.614 bits per heavy atom. The molecule has 11 aromatic carbocycles. The van der Waals surface area contributed by atoms with Crippen LogP contribution in [0, 0.1) is 0 Å². The van der Waals surface area contributed by atoms with Crippen LogP contribution in [0.5, 0.6) is 0 Å². The SMILES string of the molecule is c1ccc(N(c2ccccc2)c2ccc3sc4ccc(-c5cc(-c6ccc7c(c6)c6ccccc6n7-c6ccccc6)cc(-c6ccc7c(c6)c6ccccc6n7-c6ccccc6)c5)cc4c3c2)cc1. The van der Waals surface area contributed by atoms with Gasteiger partial charge >= 0.3 is 0 Å². The van der Waals surface area contributed by atoms with Gasteiger partial charge in [0, 0.05) is 70.2 Å². The van der Waals surface area contributed by atoms with Crippen molar-refractivity contribution < 1.29 is 0 Å². The molecular weight excluding hydrogens is 867 g/mol. The molecule has 0 saturated carbocycles. The second-order valence-electron chi connectivity index (χ2n) is 18.1. The average molecular weight is 910 g/mol. The van der Waals surface area contributed by atoms with E-state index in [1.807, 2.05) is 11.3 Å². The molecular formula is C66H43N3S. The zero-order chi connectivity index (χ0) is 46.1. The first kappa shape index (κ1) is 40.1. The molecule has 0 bridgehead atoms. The lowest BCUT2D eigenvalue weighted by molar-refractivity contribution is 1.18. The van der Waals surface area contributed by atoms with E-state index in [9.17, 15) is 0 Å². The van der Waals surface area contributed by atoms with E-state index in [-0.39, 0.29) is 0 Å². The van der Waals surface area contributed by atoms with Gasteiger partial charge in [-0.1, -0.05) is 127 Å². The maximum absolute atomic E-state index is 2.42. The molecule has 0 aliphatic heterocycles. The molecule has 0 aliphatic carbocycles. The predicted octanol–water partition coefficient (Wildman–Crippen LogP) is 18.7. The van der Waals surface area contributed by atoms with E-state index in [1.54, 1.807) is 0 Å². The molecule has 14 aromatic rings. The molecule has 4 heteroatoms. The molecule has 0 unspecified atom stereocenters. The predicted molar refractivity (Wildman–Crippen MR) is 299 cm³/mol. The molecule has 14 rings (SSSR count). The summed E-state index contributed by atoms with van der Waals surface area (Å²) >= 11 is 1.86. The minimum atomic E-state index is 1.13. The molecule has 0 atom stereocenters. The zero-order valence-corrected chi connectivity index (χ0v) is 38.9. The Hall–Kier alpha value is -8.96. The van der Waals surface area contributed by atoms with Gasteiger partial charge in [-0.25, -0.2) is 0 Å². The Morgan fingerprint density at radius 3 is 1.10 bits per heavy atom. The zero-order valence-electron chi connectivity index (χ0n) is 38.1. The summed E-state index contributed by atoms with van der Waals surface area (Å²) in [6, 6.07) is 95.6. The van der Waals surface area contributed by atoms with Crippen molar-refractivity contribution in [3.63, 3.8) is 0 Å². The van der Waals surface area contributed by atoms with E-state index in [4.69, 9.17) is 0 Å². The highest BCUT2D eigenvalue weighted by Gasteiger charge is 2.19. The van der Waals surface area contributed by atoms with Crippen molar-refractivity contribution >= 4 is 92.2 Å². The van der Waals surface area contributed by atoms with Gasteiger partial charge in [-0.2, -0.15) is 0 Å². The Balaban J connectivity index is 0.965. The quantitative estimate of drug-likeness (QED) is 0.148. The van der Waals surface area contributed by atoms with Gasteiger partial charge in [0.2, 0.25) is 0 Å². The molecule has 0 amide bonds. The largest absolute Gasteiger partial charge is 0.310 e. The molecule has 0 aliphatic rings. The van der Waals surface area contributed by atoms with Crippen LogP contribution in [0.1, 0.15) is 0 Å². The normalized spacial score (nSPS) is 11.7. The van der Waals surface area contributed by atoms with Crippen molar-refractivity contribution in [3.8, 4) is 44.8 Å². The smallest absolute Gasteiger partial charge is 0.0541 e. The van der Waals surface area contributed by atoms with Crippen LogP contribution in [-0.4, -0.2) is 9.13 Å². The fourth-order valence-corrected chi connectivity index (χ4v) is 11.9. The molecule has 0 radical (unpaired) electrons. The van der Waals surface area contributed by atoms with Gasteiger partial charge in [-0.3, -0.25) is 0 Å². The molecule has 0 fully saturated rings. The Labute approximate surface area is 409 Å². The van der Waals surface area contributed by atoms with Crippen LogP contribution >= 0.6 is 11.3 Å². The minimum absolute atomic E-state index is 1.13. The summed E-state index contributed by atoms with van der Waals surface area (Å²) in [4.78, 5) is 2.35. The van der Waals surface area contributed by atoms with Crippen molar-refractivity contribution in [1.29, 1.82) is 0 Å². The second-order valence-corrected chi connectivity index (χ2v) is 19.2. The maximum Gasteiger partial charge on any atom is 0.0541 e. The van der Waals surface area contributed by atoms with Crippen LogP contribution in [0.2, 0.25) is 0 Å². The second kappa shape index (κ2) is 16.4. The van der Waals surface area contributed by atoms with Gasteiger partial charge in [0.15, 0.2) is 0 Å². The number of thiophene rings is 1. The third kappa shape index (κ3) is 6.64. The Kier molecular flexibility index (Phi) is 9.39. The lowest BCUT2D eigenvalue weighted by Crippen LogP contribution is -2.09. The van der Waals surface area contributed by atoms with Gasteiger partial charge in [0.1, 0.15) is 0 Å². The molecule has 0 spiro atoms. The first-order valence-corrected chi connectivity index (χ1v) is 24.7. The molecule has 0 N–H and O–H groups in total. The topological polar surface area (TPSA) is 13.1 Å². The van der Waals surface area contributed by atoms with Crippen LogP contribution in [0.15, 0.2) is 261 Å². The monoisotopic (exact) mass is 909 g/mol. The van der Waals surface area contributed by atoms with Crippen molar-refractivity contribution in [2.24, 2.45) is 0 Å². The minimum Gasteiger partial charge on any atom is -0.310 e. The number of fused-ring (bicyclic) bond motifs is 9. The van der Waals surface area contributed by atoms with Gasteiger partial charge in [-0.15, -0.1) is 11.3 Å². The molecule has 3 aromatic heterocycles. The number of nitrogens with zero attached hydrogens (tertiary/aromatic N) is 3. The van der Waals surface area contributed by atoms with E-state index in [0.29, 0.717) is 0 Å². The first-order valence-electron chi connectivity index (χ1n) is 23.9. The highest BCUT2D eigenvalue weighted by Crippen LogP contribution is 2.44. The summed E-state index contributed by atoms with van der Waals surface area (Å²) in [5, 5.41) is 7.48. The fraction of sp³-hybridized carbons (Fsp3) is 0. The molecule has 3 nitrogen and oxygen atoms in total. The molecule has 328 valence electrons. The van der Waals surface area contributed by atoms with Crippen molar-refractivity contribution in [1.82, 2.24) is 9.13 Å². The fourth-order valence-electron chi connectivity index (χ4n) is 10.8. The summed E-state index contributed by atoms with van der Waals surface area (Å²) in [7, 11) is 0. The van der Waals surface area contributed by atoms with Gasteiger partial charge in [0.05, 0.1) is 22.1 Å². The Bertz CT molecular complexity index is 4070. The van der Waals surface area contributed by atoms with E-state index in [0.717, 1.165) is 28.4 Å². The highest BCUT2D eigenvalue weighted by molar-refractivity contribution is 7.25. The molecule has 70 heavy (non-hydrogen) atoms. The number of aromatic nitrogens is 2. The van der Waals surface area contributed by atoms with Crippen LogP contribution in [0.3, 0.4) is 0 Å². The summed E-state index contributed by atoms with van der Waals surface area (Å²) in [6.07, 6.45) is 0. The van der Waals surface area contributed by atoms with Gasteiger partial charge in [0.25, 0.3) is 0 Å². The number of para-hydroxylation sites is 6. The summed E-state index contributed by atoms with van der Waals surface area (Å²) in [5.74, 6) is 0. The lowest BCUT2D eigenvalue weighted by Gasteiger charge is -2.25. The molecule has 0 saturated heterocycles. The average Bonchev–Trinajstić information content (AvgIpc) is 4.09. The third-order valence-electron chi connectivity index (χ3n) is 14.0.